The van der Waals surface area contributed by atoms with Crippen LogP contribution in [0.5, 0.6) is 0 Å². The summed E-state index contributed by atoms with van der Waals surface area (Å²) >= 11 is 0. The summed E-state index contributed by atoms with van der Waals surface area (Å²) in [5, 5.41) is 0. The van der Waals surface area contributed by atoms with Gasteiger partial charge >= 0.3 is 0 Å². The third-order valence-corrected chi connectivity index (χ3v) is 4.27. The first-order chi connectivity index (χ1) is 8.66. The molecule has 18 heavy (non-hydrogen) atoms. The lowest BCUT2D eigenvalue weighted by molar-refractivity contribution is 0.264. The highest BCUT2D eigenvalue weighted by Crippen LogP contribution is 2.37. The minimum atomic E-state index is 0.519. The normalized spacial score (nSPS) is 24.6. The van der Waals surface area contributed by atoms with Gasteiger partial charge in [-0.15, -0.1) is 0 Å². The highest BCUT2D eigenvalue weighted by molar-refractivity contribution is 5.79. The Morgan fingerprint density at radius 3 is 2.83 bits per heavy atom. The molecule has 0 amide bonds. The summed E-state index contributed by atoms with van der Waals surface area (Å²) in [5.74, 6) is 1.37. The van der Waals surface area contributed by atoms with Gasteiger partial charge in [0.1, 0.15) is 0 Å². The van der Waals surface area contributed by atoms with E-state index in [9.17, 15) is 0 Å². The first-order valence-electron chi connectivity index (χ1n) is 6.91. The number of benzene rings is 1. The van der Waals surface area contributed by atoms with Crippen LogP contribution in [0, 0.1) is 12.8 Å². The molecule has 2 unspecified atom stereocenters. The topological polar surface area (TPSA) is 43.8 Å². The van der Waals surface area contributed by atoms with Crippen molar-refractivity contribution in [2.75, 3.05) is 5.73 Å². The van der Waals surface area contributed by atoms with E-state index in [4.69, 9.17) is 5.73 Å². The predicted molar refractivity (Wildman–Crippen MR) is 75.6 cm³/mol. The number of anilines is 1. The Labute approximate surface area is 108 Å². The molecular weight excluding hydrogens is 222 g/mol. The van der Waals surface area contributed by atoms with Crippen molar-refractivity contribution in [2.45, 2.75) is 45.6 Å². The van der Waals surface area contributed by atoms with Gasteiger partial charge in [0.25, 0.3) is 0 Å². The standard InChI is InChI=1S/C15H21N3/c1-10-7-8-12-14(9-10)18(15(16)17-12)13-6-4-3-5-11(13)2/h7-9,11,13H,3-6H2,1-2H3,(H2,16,17). The number of hydrogen-bond acceptors (Lipinski definition) is 2. The van der Waals surface area contributed by atoms with Gasteiger partial charge in [-0.05, 0) is 43.4 Å². The Morgan fingerprint density at radius 2 is 2.06 bits per heavy atom. The van der Waals surface area contributed by atoms with Crippen LogP contribution in [0.2, 0.25) is 0 Å². The molecule has 0 spiro atoms. The molecule has 1 heterocycles. The summed E-state index contributed by atoms with van der Waals surface area (Å²) in [6.45, 7) is 4.46. The Kier molecular flexibility index (Phi) is 2.77. The highest BCUT2D eigenvalue weighted by atomic mass is 15.2. The molecule has 0 bridgehead atoms. The predicted octanol–water partition coefficient (Wildman–Crippen LogP) is 3.68. The molecule has 2 N–H and O–H groups in total. The molecule has 1 fully saturated rings. The Hall–Kier alpha value is -1.51. The van der Waals surface area contributed by atoms with Gasteiger partial charge in [0.05, 0.1) is 11.0 Å². The Morgan fingerprint density at radius 1 is 1.28 bits per heavy atom. The van der Waals surface area contributed by atoms with E-state index in [2.05, 4.69) is 41.6 Å². The average Bonchev–Trinajstić information content (AvgIpc) is 2.66. The first-order valence-corrected chi connectivity index (χ1v) is 6.91. The minimum Gasteiger partial charge on any atom is -0.369 e. The van der Waals surface area contributed by atoms with Gasteiger partial charge in [0, 0.05) is 6.04 Å². The second kappa shape index (κ2) is 4.30. The van der Waals surface area contributed by atoms with Crippen molar-refractivity contribution in [1.82, 2.24) is 9.55 Å². The van der Waals surface area contributed by atoms with Crippen molar-refractivity contribution in [3.8, 4) is 0 Å². The number of nitrogen functional groups attached to an aromatic ring is 1. The number of imidazole rings is 1. The third kappa shape index (κ3) is 1.78. The van der Waals surface area contributed by atoms with Crippen LogP contribution in [0.4, 0.5) is 5.95 Å². The number of nitrogens with two attached hydrogens (primary N) is 1. The molecule has 3 heteroatoms. The highest BCUT2D eigenvalue weighted by Gasteiger charge is 2.26. The van der Waals surface area contributed by atoms with Gasteiger partial charge in [-0.3, -0.25) is 0 Å². The summed E-state index contributed by atoms with van der Waals surface area (Å²) in [4.78, 5) is 4.50. The number of nitrogens with zero attached hydrogens (tertiary/aromatic N) is 2. The van der Waals surface area contributed by atoms with Crippen LogP contribution >= 0.6 is 0 Å². The van der Waals surface area contributed by atoms with Crippen molar-refractivity contribution in [1.29, 1.82) is 0 Å². The van der Waals surface area contributed by atoms with E-state index in [0.29, 0.717) is 17.9 Å². The second-order valence-electron chi connectivity index (χ2n) is 5.66. The van der Waals surface area contributed by atoms with Crippen LogP contribution in [-0.4, -0.2) is 9.55 Å². The van der Waals surface area contributed by atoms with E-state index in [1.807, 2.05) is 0 Å². The van der Waals surface area contributed by atoms with E-state index in [-0.39, 0.29) is 0 Å². The number of fused-ring (bicyclic) bond motifs is 1. The monoisotopic (exact) mass is 243 g/mol. The van der Waals surface area contributed by atoms with E-state index >= 15 is 0 Å². The average molecular weight is 243 g/mol. The fourth-order valence-electron chi connectivity index (χ4n) is 3.25. The zero-order chi connectivity index (χ0) is 12.7. The molecule has 96 valence electrons. The molecule has 3 nitrogen and oxygen atoms in total. The Balaban J connectivity index is 2.14. The van der Waals surface area contributed by atoms with Crippen molar-refractivity contribution in [3.63, 3.8) is 0 Å². The minimum absolute atomic E-state index is 0.519. The van der Waals surface area contributed by atoms with Crippen molar-refractivity contribution in [2.24, 2.45) is 5.92 Å². The third-order valence-electron chi connectivity index (χ3n) is 4.27. The molecule has 1 aliphatic rings. The van der Waals surface area contributed by atoms with E-state index in [1.54, 1.807) is 0 Å². The lowest BCUT2D eigenvalue weighted by Crippen LogP contribution is -2.22. The molecule has 0 saturated heterocycles. The van der Waals surface area contributed by atoms with Gasteiger partial charge in [-0.25, -0.2) is 4.98 Å². The van der Waals surface area contributed by atoms with Crippen LogP contribution in [-0.2, 0) is 0 Å². The maximum absolute atomic E-state index is 6.15. The van der Waals surface area contributed by atoms with Crippen LogP contribution in [0.1, 0.15) is 44.2 Å². The van der Waals surface area contributed by atoms with Crippen LogP contribution < -0.4 is 5.73 Å². The number of aromatic nitrogens is 2. The van der Waals surface area contributed by atoms with Gasteiger partial charge < -0.3 is 10.3 Å². The Bertz CT molecular complexity index is 570. The first kappa shape index (κ1) is 11.6. The largest absolute Gasteiger partial charge is 0.369 e. The van der Waals surface area contributed by atoms with Gasteiger partial charge in [-0.1, -0.05) is 25.8 Å². The number of rotatable bonds is 1. The summed E-state index contributed by atoms with van der Waals surface area (Å²) < 4.78 is 2.27. The number of aryl methyl sites for hydroxylation is 1. The fourth-order valence-corrected chi connectivity index (χ4v) is 3.25. The molecular formula is C15H21N3. The SMILES string of the molecule is Cc1ccc2nc(N)n(C3CCCCC3C)c2c1. The zero-order valence-corrected chi connectivity index (χ0v) is 11.2. The smallest absolute Gasteiger partial charge is 0.201 e. The lowest BCUT2D eigenvalue weighted by Gasteiger charge is -2.31. The summed E-state index contributed by atoms with van der Waals surface area (Å²) in [5.41, 5.74) is 9.64. The number of hydrogen-bond donors (Lipinski definition) is 1. The molecule has 1 saturated carbocycles. The van der Waals surface area contributed by atoms with Crippen LogP contribution in [0.3, 0.4) is 0 Å². The molecule has 2 atom stereocenters. The fraction of sp³-hybridized carbons (Fsp3) is 0.533. The summed E-state index contributed by atoms with van der Waals surface area (Å²) in [6, 6.07) is 6.90. The molecule has 0 aliphatic heterocycles. The molecule has 0 radical (unpaired) electrons. The van der Waals surface area contributed by atoms with Gasteiger partial charge in [-0.2, -0.15) is 0 Å². The van der Waals surface area contributed by atoms with E-state index < -0.39 is 0 Å². The summed E-state index contributed by atoms with van der Waals surface area (Å²) in [7, 11) is 0. The van der Waals surface area contributed by atoms with Crippen molar-refractivity contribution < 1.29 is 0 Å². The van der Waals surface area contributed by atoms with Gasteiger partial charge in [0.15, 0.2) is 0 Å². The van der Waals surface area contributed by atoms with E-state index in [0.717, 1.165) is 5.52 Å². The second-order valence-corrected chi connectivity index (χ2v) is 5.66. The van der Waals surface area contributed by atoms with E-state index in [1.165, 1.54) is 36.8 Å². The zero-order valence-electron chi connectivity index (χ0n) is 11.2. The quantitative estimate of drug-likeness (QED) is 0.830. The molecule has 1 aliphatic carbocycles. The molecule has 1 aromatic heterocycles. The lowest BCUT2D eigenvalue weighted by atomic mass is 9.85. The molecule has 3 rings (SSSR count). The molecule has 2 aromatic rings. The maximum Gasteiger partial charge on any atom is 0.201 e. The van der Waals surface area contributed by atoms with Gasteiger partial charge in [0.2, 0.25) is 5.95 Å². The maximum atomic E-state index is 6.15. The van der Waals surface area contributed by atoms with Crippen molar-refractivity contribution >= 4 is 17.0 Å². The van der Waals surface area contributed by atoms with Crippen molar-refractivity contribution in [3.05, 3.63) is 23.8 Å². The van der Waals surface area contributed by atoms with Crippen LogP contribution in [0.15, 0.2) is 18.2 Å². The molecule has 1 aromatic carbocycles. The van der Waals surface area contributed by atoms with Crippen LogP contribution in [0.25, 0.3) is 11.0 Å². The summed E-state index contributed by atoms with van der Waals surface area (Å²) in [6.07, 6.45) is 5.18.